The van der Waals surface area contributed by atoms with Crippen LogP contribution >= 0.6 is 0 Å². The molecule has 0 bridgehead atoms. The summed E-state index contributed by atoms with van der Waals surface area (Å²) >= 11 is 0. The molecule has 1 aromatic carbocycles. The lowest BCUT2D eigenvalue weighted by atomic mass is 10.1. The number of furan rings is 1. The predicted octanol–water partition coefficient (Wildman–Crippen LogP) is 2.70. The van der Waals surface area contributed by atoms with Crippen LogP contribution in [0.1, 0.15) is 12.1 Å². The van der Waals surface area contributed by atoms with Crippen molar-refractivity contribution in [3.05, 3.63) is 42.2 Å². The topological polar surface area (TPSA) is 51.8 Å². The molecule has 0 spiro atoms. The van der Waals surface area contributed by atoms with Gasteiger partial charge in [0.2, 0.25) is 6.29 Å². The molecule has 88 valence electrons. The van der Waals surface area contributed by atoms with Crippen molar-refractivity contribution in [2.24, 2.45) is 0 Å². The monoisotopic (exact) mass is 232 g/mol. The van der Waals surface area contributed by atoms with Gasteiger partial charge in [0.25, 0.3) is 0 Å². The van der Waals surface area contributed by atoms with Crippen LogP contribution in [0.2, 0.25) is 0 Å². The van der Waals surface area contributed by atoms with Crippen molar-refractivity contribution in [1.82, 2.24) is 0 Å². The van der Waals surface area contributed by atoms with Crippen molar-refractivity contribution in [2.45, 2.75) is 6.29 Å². The molecule has 1 aliphatic heterocycles. The molecule has 4 nitrogen and oxygen atoms in total. The molecule has 1 N–H and O–H groups in total. The minimum absolute atomic E-state index is 0.196. The normalized spacial score (nSPS) is 16.5. The maximum absolute atomic E-state index is 9.72. The van der Waals surface area contributed by atoms with Gasteiger partial charge in [-0.3, -0.25) is 0 Å². The first kappa shape index (κ1) is 10.4. The van der Waals surface area contributed by atoms with E-state index in [1.807, 2.05) is 6.07 Å². The minimum Gasteiger partial charge on any atom is -0.507 e. The van der Waals surface area contributed by atoms with Gasteiger partial charge in [-0.2, -0.15) is 0 Å². The third-order valence-electron chi connectivity index (χ3n) is 2.65. The van der Waals surface area contributed by atoms with Crippen molar-refractivity contribution >= 4 is 0 Å². The van der Waals surface area contributed by atoms with E-state index in [-0.39, 0.29) is 5.75 Å². The first-order valence-corrected chi connectivity index (χ1v) is 5.46. The summed E-state index contributed by atoms with van der Waals surface area (Å²) in [4.78, 5) is 0. The van der Waals surface area contributed by atoms with Crippen LogP contribution in [0.25, 0.3) is 11.3 Å². The molecule has 17 heavy (non-hydrogen) atoms. The van der Waals surface area contributed by atoms with E-state index in [1.165, 1.54) is 0 Å². The van der Waals surface area contributed by atoms with Crippen LogP contribution in [0.4, 0.5) is 0 Å². The van der Waals surface area contributed by atoms with Crippen LogP contribution in [0, 0.1) is 0 Å². The zero-order valence-electron chi connectivity index (χ0n) is 9.13. The van der Waals surface area contributed by atoms with E-state index in [0.29, 0.717) is 30.3 Å². The second kappa shape index (κ2) is 4.24. The second-order valence-corrected chi connectivity index (χ2v) is 3.79. The smallest absolute Gasteiger partial charge is 0.217 e. The fourth-order valence-electron chi connectivity index (χ4n) is 1.83. The van der Waals surface area contributed by atoms with E-state index in [1.54, 1.807) is 30.3 Å². The minimum atomic E-state index is -0.422. The number of para-hydroxylation sites is 1. The molecule has 1 saturated heterocycles. The molecule has 1 aliphatic rings. The Morgan fingerprint density at radius 1 is 1.00 bits per heavy atom. The highest BCUT2D eigenvalue weighted by Crippen LogP contribution is 2.33. The van der Waals surface area contributed by atoms with Gasteiger partial charge in [-0.25, -0.2) is 0 Å². The van der Waals surface area contributed by atoms with Crippen molar-refractivity contribution in [3.8, 4) is 17.1 Å². The van der Waals surface area contributed by atoms with Gasteiger partial charge >= 0.3 is 0 Å². The first-order chi connectivity index (χ1) is 8.34. The molecule has 1 fully saturated rings. The van der Waals surface area contributed by atoms with Crippen molar-refractivity contribution in [2.75, 3.05) is 13.2 Å². The molecule has 0 saturated carbocycles. The maximum atomic E-state index is 9.72. The molecule has 0 atom stereocenters. The summed E-state index contributed by atoms with van der Waals surface area (Å²) < 4.78 is 16.3. The zero-order chi connectivity index (χ0) is 11.7. The molecule has 0 amide bonds. The number of ether oxygens (including phenoxy) is 2. The standard InChI is InChI=1S/C13H12O4/c14-10-4-2-1-3-9(10)11-5-6-12(17-11)13-15-7-8-16-13/h1-6,13-14H,7-8H2. The summed E-state index contributed by atoms with van der Waals surface area (Å²) in [6.07, 6.45) is -0.422. The van der Waals surface area contributed by atoms with Crippen LogP contribution < -0.4 is 0 Å². The van der Waals surface area contributed by atoms with Gasteiger partial charge in [-0.1, -0.05) is 12.1 Å². The molecule has 4 heteroatoms. The predicted molar refractivity (Wildman–Crippen MR) is 60.5 cm³/mol. The van der Waals surface area contributed by atoms with E-state index >= 15 is 0 Å². The summed E-state index contributed by atoms with van der Waals surface area (Å²) in [5.41, 5.74) is 0.664. The second-order valence-electron chi connectivity index (χ2n) is 3.79. The van der Waals surface area contributed by atoms with E-state index in [2.05, 4.69) is 0 Å². The van der Waals surface area contributed by atoms with Gasteiger partial charge in [0.05, 0.1) is 18.8 Å². The van der Waals surface area contributed by atoms with E-state index < -0.39 is 6.29 Å². The number of hydrogen-bond donors (Lipinski definition) is 1. The fourth-order valence-corrected chi connectivity index (χ4v) is 1.83. The highest BCUT2D eigenvalue weighted by atomic mass is 16.7. The van der Waals surface area contributed by atoms with Crippen molar-refractivity contribution in [1.29, 1.82) is 0 Å². The lowest BCUT2D eigenvalue weighted by Crippen LogP contribution is -1.94. The van der Waals surface area contributed by atoms with Gasteiger partial charge in [-0.05, 0) is 24.3 Å². The average Bonchev–Trinajstić information content (AvgIpc) is 3.00. The number of hydrogen-bond acceptors (Lipinski definition) is 4. The van der Waals surface area contributed by atoms with Crippen molar-refractivity contribution in [3.63, 3.8) is 0 Å². The Morgan fingerprint density at radius 2 is 1.76 bits per heavy atom. The highest BCUT2D eigenvalue weighted by Gasteiger charge is 2.22. The number of phenolic OH excluding ortho intramolecular Hbond substituents is 1. The number of phenols is 1. The Bertz CT molecular complexity index is 512. The third-order valence-corrected chi connectivity index (χ3v) is 2.65. The molecule has 0 aliphatic carbocycles. The quantitative estimate of drug-likeness (QED) is 0.864. The fraction of sp³-hybridized carbons (Fsp3) is 0.231. The van der Waals surface area contributed by atoms with Gasteiger partial charge in [0.1, 0.15) is 11.5 Å². The molecule has 2 aromatic rings. The van der Waals surface area contributed by atoms with Gasteiger partial charge in [0, 0.05) is 0 Å². The number of rotatable bonds is 2. The van der Waals surface area contributed by atoms with Crippen LogP contribution in [0.15, 0.2) is 40.8 Å². The number of aromatic hydroxyl groups is 1. The summed E-state index contributed by atoms with van der Waals surface area (Å²) in [5, 5.41) is 9.72. The molecule has 3 rings (SSSR count). The summed E-state index contributed by atoms with van der Waals surface area (Å²) in [5.74, 6) is 1.43. The third kappa shape index (κ3) is 1.92. The average molecular weight is 232 g/mol. The lowest BCUT2D eigenvalue weighted by Gasteiger charge is -2.05. The van der Waals surface area contributed by atoms with Crippen LogP contribution in [0.3, 0.4) is 0 Å². The van der Waals surface area contributed by atoms with E-state index in [9.17, 15) is 5.11 Å². The van der Waals surface area contributed by atoms with Crippen LogP contribution in [-0.4, -0.2) is 18.3 Å². The van der Waals surface area contributed by atoms with Crippen molar-refractivity contribution < 1.29 is 19.0 Å². The maximum Gasteiger partial charge on any atom is 0.217 e. The highest BCUT2D eigenvalue weighted by molar-refractivity contribution is 5.65. The molecule has 0 unspecified atom stereocenters. The Balaban J connectivity index is 1.92. The largest absolute Gasteiger partial charge is 0.507 e. The Labute approximate surface area is 98.4 Å². The van der Waals surface area contributed by atoms with E-state index in [0.717, 1.165) is 0 Å². The SMILES string of the molecule is Oc1ccccc1-c1ccc(C2OCCO2)o1. The Hall–Kier alpha value is -1.78. The van der Waals surface area contributed by atoms with Crippen LogP contribution in [-0.2, 0) is 9.47 Å². The molecule has 2 heterocycles. The van der Waals surface area contributed by atoms with Gasteiger partial charge in [-0.15, -0.1) is 0 Å². The summed E-state index contributed by atoms with van der Waals surface area (Å²) in [6, 6.07) is 10.6. The van der Waals surface area contributed by atoms with Crippen LogP contribution in [0.5, 0.6) is 5.75 Å². The van der Waals surface area contributed by atoms with Gasteiger partial charge in [0.15, 0.2) is 5.76 Å². The first-order valence-electron chi connectivity index (χ1n) is 5.46. The Kier molecular flexibility index (Phi) is 2.59. The molecular formula is C13H12O4. The van der Waals surface area contributed by atoms with Gasteiger partial charge < -0.3 is 19.0 Å². The van der Waals surface area contributed by atoms with E-state index in [4.69, 9.17) is 13.9 Å². The molecular weight excluding hydrogens is 220 g/mol. The zero-order valence-corrected chi connectivity index (χ0v) is 9.13. The number of benzene rings is 1. The summed E-state index contributed by atoms with van der Waals surface area (Å²) in [7, 11) is 0. The molecule has 0 radical (unpaired) electrons. The summed E-state index contributed by atoms with van der Waals surface area (Å²) in [6.45, 7) is 1.16. The Morgan fingerprint density at radius 3 is 2.53 bits per heavy atom. The molecule has 1 aromatic heterocycles. The lowest BCUT2D eigenvalue weighted by molar-refractivity contribution is -0.0585.